The number of anilines is 2. The Morgan fingerprint density at radius 1 is 0.644 bits per heavy atom. The van der Waals surface area contributed by atoms with E-state index in [1.165, 1.54) is 55.8 Å². The number of phenolic OH excluding ortho intramolecular Hbond substituents is 1. The van der Waals surface area contributed by atoms with Crippen molar-refractivity contribution in [2.45, 2.75) is 38.0 Å². The minimum Gasteiger partial charge on any atom is -1.00 e. The van der Waals surface area contributed by atoms with Crippen molar-refractivity contribution in [2.75, 3.05) is 24.7 Å². The van der Waals surface area contributed by atoms with E-state index in [4.69, 9.17) is 49.6 Å². The number of phenols is 1. The van der Waals surface area contributed by atoms with Gasteiger partial charge in [0.25, 0.3) is 18.3 Å². The van der Waals surface area contributed by atoms with Crippen LogP contribution in [-0.4, -0.2) is 59.3 Å². The van der Waals surface area contributed by atoms with Crippen molar-refractivity contribution in [3.05, 3.63) is 170 Å². The number of carbonyl (C=O) groups is 5. The summed E-state index contributed by atoms with van der Waals surface area (Å²) in [4.78, 5) is 65.7. The maximum atomic E-state index is 13.0. The Balaban J connectivity index is 0.00000113. The number of pyridine rings is 2. The SMILES string of the molecule is CNC(=O)c1cc(Cl)ccn1.CNC(=O)c1cc(Oc2cccc(CCC(=O)Nc3ccc(Cl)c(C(F)(F)F)c3)c2)ccn1.O=C(CCc1cccc(O)c1)Nc1ccc(Cl)c(C(F)(F)F)c1.O=CO[O-].[Cs+].[Cs+].[H-]. The van der Waals surface area contributed by atoms with E-state index in [1.54, 1.807) is 55.6 Å². The zero-order chi connectivity index (χ0) is 52.7. The van der Waals surface area contributed by atoms with Gasteiger partial charge in [0.2, 0.25) is 11.8 Å². The minimum atomic E-state index is -4.62. The first kappa shape index (κ1) is 67.7. The fourth-order valence-corrected chi connectivity index (χ4v) is 6.21. The molecule has 4 amide bonds. The van der Waals surface area contributed by atoms with Gasteiger partial charge in [-0.15, -0.1) is 0 Å². The van der Waals surface area contributed by atoms with Gasteiger partial charge in [-0.05, 0) is 103 Å². The maximum Gasteiger partial charge on any atom is 1.00 e. The summed E-state index contributed by atoms with van der Waals surface area (Å²) in [6.07, 6.45) is -5.44. The molecule has 73 heavy (non-hydrogen) atoms. The van der Waals surface area contributed by atoms with Gasteiger partial charge in [-0.1, -0.05) is 59.1 Å². The third-order valence-electron chi connectivity index (χ3n) is 8.85. The number of aryl methyl sites for hydroxylation is 2. The van der Waals surface area contributed by atoms with Crippen LogP contribution in [0.3, 0.4) is 0 Å². The second-order valence-corrected chi connectivity index (χ2v) is 15.2. The average Bonchev–Trinajstić information content (AvgIpc) is 3.33. The molecule has 0 fully saturated rings. The van der Waals surface area contributed by atoms with Crippen molar-refractivity contribution >= 4 is 76.3 Å². The van der Waals surface area contributed by atoms with Gasteiger partial charge in [-0.25, -0.2) is 0 Å². The number of nitrogens with zero attached hydrogens (tertiary/aromatic N) is 2. The Kier molecular flexibility index (Phi) is 31.8. The molecule has 6 aromatic rings. The van der Waals surface area contributed by atoms with E-state index in [-0.39, 0.29) is 193 Å². The predicted octanol–water partition coefficient (Wildman–Crippen LogP) is 3.76. The quantitative estimate of drug-likeness (QED) is 0.0485. The number of hydrogen-bond donors (Lipinski definition) is 5. The van der Waals surface area contributed by atoms with E-state index in [1.807, 2.05) is 0 Å². The van der Waals surface area contributed by atoms with Crippen molar-refractivity contribution < 1.29 is 210 Å². The summed E-state index contributed by atoms with van der Waals surface area (Å²) in [6.45, 7) is -0.181. The van der Waals surface area contributed by atoms with Crippen LogP contribution in [0.5, 0.6) is 17.2 Å². The summed E-state index contributed by atoms with van der Waals surface area (Å²) in [5.41, 5.74) is 0.120. The van der Waals surface area contributed by atoms with Gasteiger partial charge < -0.3 is 42.7 Å². The molecule has 2 aromatic heterocycles. The normalized spacial score (nSPS) is 10.2. The van der Waals surface area contributed by atoms with Crippen molar-refractivity contribution in [3.63, 3.8) is 0 Å². The smallest absolute Gasteiger partial charge is 1.00 e. The molecule has 26 heteroatoms. The zero-order valence-electron chi connectivity index (χ0n) is 40.0. The Morgan fingerprint density at radius 2 is 1.08 bits per heavy atom. The summed E-state index contributed by atoms with van der Waals surface area (Å²) < 4.78 is 83.0. The van der Waals surface area contributed by atoms with Crippen molar-refractivity contribution in [1.82, 2.24) is 20.6 Å². The second-order valence-electron chi connectivity index (χ2n) is 14.0. The molecule has 4 aromatic carbocycles. The molecule has 0 aliphatic heterocycles. The number of aromatic hydroxyl groups is 1. The van der Waals surface area contributed by atoms with Crippen LogP contribution in [0.4, 0.5) is 37.7 Å². The predicted molar refractivity (Wildman–Crippen MR) is 250 cm³/mol. The maximum absolute atomic E-state index is 13.0. The monoisotopic (exact) mass is 1320 g/mol. The van der Waals surface area contributed by atoms with E-state index in [2.05, 4.69) is 36.1 Å². The average molecular weight is 1320 g/mol. The Labute approximate surface area is 548 Å². The molecular weight excluding hydrogens is 1280 g/mol. The topological polar surface area (TPSA) is 221 Å². The first-order valence-corrected chi connectivity index (χ1v) is 21.3. The van der Waals surface area contributed by atoms with Crippen LogP contribution >= 0.6 is 34.8 Å². The van der Waals surface area contributed by atoms with Gasteiger partial charge >= 0.3 is 150 Å². The van der Waals surface area contributed by atoms with Crippen LogP contribution in [0.15, 0.2) is 122 Å². The fourth-order valence-electron chi connectivity index (χ4n) is 5.60. The number of amides is 4. The molecule has 378 valence electrons. The van der Waals surface area contributed by atoms with E-state index >= 15 is 0 Å². The van der Waals surface area contributed by atoms with Crippen molar-refractivity contribution in [3.8, 4) is 17.2 Å². The number of nitrogens with one attached hydrogen (secondary N) is 4. The molecule has 15 nitrogen and oxygen atoms in total. The number of benzene rings is 4. The van der Waals surface area contributed by atoms with Gasteiger partial charge in [0.15, 0.2) is 0 Å². The number of alkyl halides is 6. The zero-order valence-corrected chi connectivity index (χ0v) is 53.8. The van der Waals surface area contributed by atoms with Gasteiger partial charge in [-0.3, -0.25) is 33.9 Å². The molecule has 0 aliphatic carbocycles. The standard InChI is InChI=1S/C23H19ClF3N3O3.C16H13ClF3NO2.C7H7ClN2O.CH2O3.2Cs.H/c1-28-22(32)20-13-17(9-10-29-20)33-16-4-2-3-14(11-16)5-8-21(31)30-15-6-7-19(24)18(12-15)23(25,26)27;17-14-6-5-11(9-13(14)16(18,19)20)21-15(23)7-4-10-2-1-3-12(22)8-10;1-9-7(11)6-4-5(8)2-3-10-6;2-1-4-3;;;/h2-4,6-7,9-13H,5,8H2,1H3,(H,28,32)(H,30,31);1-3,5-6,8-9,22H,4,7H2,(H,21,23);2-4H,1H3,(H,9,11);1,3H;;;/q;;;;2*+1;-1/p-1. The summed E-state index contributed by atoms with van der Waals surface area (Å²) in [5.74, 6) is -0.438. The van der Waals surface area contributed by atoms with Gasteiger partial charge in [0.1, 0.15) is 28.6 Å². The molecule has 0 unspecified atom stereocenters. The number of carbonyl (C=O) groups excluding carboxylic acids is 5. The molecule has 0 aliphatic rings. The number of aromatic nitrogens is 2. The molecule has 0 radical (unpaired) electrons. The summed E-state index contributed by atoms with van der Waals surface area (Å²) in [7, 11) is 3.05. The van der Waals surface area contributed by atoms with Crippen LogP contribution in [0, 0.1) is 0 Å². The molecule has 0 atom stereocenters. The summed E-state index contributed by atoms with van der Waals surface area (Å²) in [6, 6.07) is 26.1. The minimum absolute atomic E-state index is 0. The van der Waals surface area contributed by atoms with E-state index in [0.29, 0.717) is 35.1 Å². The van der Waals surface area contributed by atoms with E-state index in [9.17, 15) is 50.6 Å². The van der Waals surface area contributed by atoms with Gasteiger partial charge in [-0.2, -0.15) is 26.3 Å². The van der Waals surface area contributed by atoms with Crippen LogP contribution in [-0.2, 0) is 44.5 Å². The molecule has 5 N–H and O–H groups in total. The third-order valence-corrected chi connectivity index (χ3v) is 9.74. The fraction of sp³-hybridized carbons (Fsp3) is 0.170. The molecular formula is C47H41Cl3Cs2F6N6O9. The van der Waals surface area contributed by atoms with Crippen LogP contribution in [0.2, 0.25) is 15.1 Å². The summed E-state index contributed by atoms with van der Waals surface area (Å²) >= 11 is 16.7. The number of ether oxygens (including phenoxy) is 1. The van der Waals surface area contributed by atoms with Gasteiger partial charge in [0.05, 0.1) is 21.2 Å². The molecule has 0 saturated carbocycles. The van der Waals surface area contributed by atoms with Crippen molar-refractivity contribution in [1.29, 1.82) is 0 Å². The van der Waals surface area contributed by atoms with E-state index < -0.39 is 45.3 Å². The van der Waals surface area contributed by atoms with Crippen LogP contribution < -0.4 is 169 Å². The Morgan fingerprint density at radius 3 is 1.52 bits per heavy atom. The van der Waals surface area contributed by atoms with Crippen molar-refractivity contribution in [2.24, 2.45) is 0 Å². The first-order valence-electron chi connectivity index (χ1n) is 20.2. The molecule has 2 heterocycles. The summed E-state index contributed by atoms with van der Waals surface area (Å²) in [5, 5.41) is 27.2. The number of hydrogen-bond acceptors (Lipinski definition) is 11. The third kappa shape index (κ3) is 25.4. The molecule has 0 saturated heterocycles. The molecule has 0 bridgehead atoms. The van der Waals surface area contributed by atoms with Gasteiger partial charge in [0, 0.05) is 61.8 Å². The Bertz CT molecular complexity index is 2790. The van der Waals surface area contributed by atoms with Crippen LogP contribution in [0.25, 0.3) is 0 Å². The largest absolute Gasteiger partial charge is 1.00 e. The Hall–Kier alpha value is -3.36. The number of halogens is 9. The second kappa shape index (κ2) is 34.3. The number of rotatable bonds is 13. The molecule has 6 rings (SSSR count). The van der Waals surface area contributed by atoms with E-state index in [0.717, 1.165) is 35.4 Å². The first-order chi connectivity index (χ1) is 33.6. The molecule has 0 spiro atoms. The van der Waals surface area contributed by atoms with Crippen LogP contribution in [0.1, 0.15) is 57.5 Å².